The Balaban J connectivity index is 1.88. The quantitative estimate of drug-likeness (QED) is 0.723. The van der Waals surface area contributed by atoms with Gasteiger partial charge in [-0.3, -0.25) is 0 Å². The molecule has 2 aromatic carbocycles. The van der Waals surface area contributed by atoms with Gasteiger partial charge in [0, 0.05) is 34.4 Å². The van der Waals surface area contributed by atoms with Gasteiger partial charge in [0.2, 0.25) is 0 Å². The molecule has 2 heteroatoms. The number of nitrogens with zero attached hydrogens (tertiary/aromatic N) is 1. The van der Waals surface area contributed by atoms with E-state index in [-0.39, 0.29) is 6.04 Å². The minimum Gasteiger partial charge on any atom is -0.341 e. The van der Waals surface area contributed by atoms with Gasteiger partial charge in [-0.05, 0) is 49.4 Å². The SMILES string of the molecule is CCn1c2ccccc2c2cc([C@@H](N)C3CCCC3)ccc21. The van der Waals surface area contributed by atoms with Crippen molar-refractivity contribution in [2.45, 2.75) is 45.2 Å². The highest BCUT2D eigenvalue weighted by Gasteiger charge is 2.23. The lowest BCUT2D eigenvalue weighted by molar-refractivity contribution is 0.445. The molecule has 0 unspecified atom stereocenters. The van der Waals surface area contributed by atoms with Crippen molar-refractivity contribution in [3.63, 3.8) is 0 Å². The van der Waals surface area contributed by atoms with Crippen LogP contribution < -0.4 is 5.73 Å². The maximum atomic E-state index is 6.57. The Morgan fingerprint density at radius 2 is 1.77 bits per heavy atom. The minimum atomic E-state index is 0.190. The van der Waals surface area contributed by atoms with Crippen LogP contribution in [0.3, 0.4) is 0 Å². The van der Waals surface area contributed by atoms with Crippen LogP contribution in [0.15, 0.2) is 42.5 Å². The Kier molecular flexibility index (Phi) is 3.42. The summed E-state index contributed by atoms with van der Waals surface area (Å²) in [7, 11) is 0. The average Bonchev–Trinajstić information content (AvgIpc) is 3.20. The molecule has 22 heavy (non-hydrogen) atoms. The molecule has 1 heterocycles. The second kappa shape index (κ2) is 5.44. The first-order chi connectivity index (χ1) is 10.8. The largest absolute Gasteiger partial charge is 0.341 e. The predicted octanol–water partition coefficient (Wildman–Crippen LogP) is 5.00. The number of hydrogen-bond acceptors (Lipinski definition) is 1. The second-order valence-electron chi connectivity index (χ2n) is 6.61. The third-order valence-corrected chi connectivity index (χ3v) is 5.41. The third-order valence-electron chi connectivity index (χ3n) is 5.41. The highest BCUT2D eigenvalue weighted by atomic mass is 15.0. The maximum Gasteiger partial charge on any atom is 0.0491 e. The molecule has 3 aromatic rings. The minimum absolute atomic E-state index is 0.190. The average molecular weight is 292 g/mol. The van der Waals surface area contributed by atoms with Crippen LogP contribution in [-0.4, -0.2) is 4.57 Å². The summed E-state index contributed by atoms with van der Waals surface area (Å²) in [5.41, 5.74) is 10.5. The molecule has 4 rings (SSSR count). The fourth-order valence-electron chi connectivity index (χ4n) is 4.21. The molecule has 1 aliphatic carbocycles. The number of hydrogen-bond donors (Lipinski definition) is 1. The number of aryl methyl sites for hydroxylation is 1. The molecule has 2 N–H and O–H groups in total. The van der Waals surface area contributed by atoms with E-state index >= 15 is 0 Å². The van der Waals surface area contributed by atoms with Crippen LogP contribution in [0.5, 0.6) is 0 Å². The summed E-state index contributed by atoms with van der Waals surface area (Å²) in [5.74, 6) is 0.664. The van der Waals surface area contributed by atoms with Crippen molar-refractivity contribution >= 4 is 21.8 Å². The van der Waals surface area contributed by atoms with Crippen molar-refractivity contribution < 1.29 is 0 Å². The summed E-state index contributed by atoms with van der Waals surface area (Å²) in [5, 5.41) is 2.70. The van der Waals surface area contributed by atoms with E-state index in [1.54, 1.807) is 0 Å². The van der Waals surface area contributed by atoms with Crippen LogP contribution in [-0.2, 0) is 6.54 Å². The summed E-state index contributed by atoms with van der Waals surface area (Å²) in [4.78, 5) is 0. The van der Waals surface area contributed by atoms with E-state index in [4.69, 9.17) is 5.73 Å². The van der Waals surface area contributed by atoms with Gasteiger partial charge >= 0.3 is 0 Å². The Hall–Kier alpha value is -1.80. The van der Waals surface area contributed by atoms with Gasteiger partial charge in [-0.25, -0.2) is 0 Å². The van der Waals surface area contributed by atoms with Crippen molar-refractivity contribution in [2.75, 3.05) is 0 Å². The number of benzene rings is 2. The van der Waals surface area contributed by atoms with E-state index < -0.39 is 0 Å². The van der Waals surface area contributed by atoms with Crippen molar-refractivity contribution in [2.24, 2.45) is 11.7 Å². The van der Waals surface area contributed by atoms with E-state index in [9.17, 15) is 0 Å². The summed E-state index contributed by atoms with van der Waals surface area (Å²) < 4.78 is 2.40. The van der Waals surface area contributed by atoms with Crippen LogP contribution in [0.4, 0.5) is 0 Å². The number of fused-ring (bicyclic) bond motifs is 3. The zero-order chi connectivity index (χ0) is 15.1. The van der Waals surface area contributed by atoms with E-state index in [1.165, 1.54) is 53.1 Å². The monoisotopic (exact) mass is 292 g/mol. The molecule has 0 bridgehead atoms. The molecular weight excluding hydrogens is 268 g/mol. The topological polar surface area (TPSA) is 30.9 Å². The highest BCUT2D eigenvalue weighted by Crippen LogP contribution is 2.36. The molecule has 1 saturated carbocycles. The number of rotatable bonds is 3. The standard InChI is InChI=1S/C20H24N2/c1-2-22-18-10-6-5-9-16(18)17-13-15(11-12-19(17)22)20(21)14-7-3-4-8-14/h5-6,9-14,20H,2-4,7-8,21H2,1H3/t20-/m0/s1. The smallest absolute Gasteiger partial charge is 0.0491 e. The first-order valence-electron chi connectivity index (χ1n) is 8.56. The summed E-state index contributed by atoms with van der Waals surface area (Å²) >= 11 is 0. The van der Waals surface area contributed by atoms with Gasteiger partial charge in [0.1, 0.15) is 0 Å². The number of nitrogens with two attached hydrogens (primary N) is 1. The molecule has 0 aliphatic heterocycles. The van der Waals surface area contributed by atoms with Crippen molar-refractivity contribution in [3.8, 4) is 0 Å². The van der Waals surface area contributed by atoms with Gasteiger partial charge in [-0.2, -0.15) is 0 Å². The molecule has 2 nitrogen and oxygen atoms in total. The lowest BCUT2D eigenvalue weighted by Gasteiger charge is -2.19. The van der Waals surface area contributed by atoms with Gasteiger partial charge in [0.05, 0.1) is 0 Å². The van der Waals surface area contributed by atoms with E-state index in [0.717, 1.165) is 6.54 Å². The van der Waals surface area contributed by atoms with Crippen LogP contribution >= 0.6 is 0 Å². The zero-order valence-electron chi connectivity index (χ0n) is 13.3. The maximum absolute atomic E-state index is 6.57. The normalized spacial score (nSPS) is 17.5. The number of para-hydroxylation sites is 1. The fourth-order valence-corrected chi connectivity index (χ4v) is 4.21. The molecule has 1 atom stereocenters. The first kappa shape index (κ1) is 13.8. The first-order valence-corrected chi connectivity index (χ1v) is 8.56. The van der Waals surface area contributed by atoms with E-state index in [2.05, 4.69) is 54.0 Å². The molecule has 0 amide bonds. The molecule has 1 aromatic heterocycles. The zero-order valence-corrected chi connectivity index (χ0v) is 13.3. The summed E-state index contributed by atoms with van der Waals surface area (Å²) in [6.07, 6.45) is 5.26. The van der Waals surface area contributed by atoms with E-state index in [1.807, 2.05) is 0 Å². The van der Waals surface area contributed by atoms with Crippen LogP contribution in [0.25, 0.3) is 21.8 Å². The Bertz CT molecular complexity index is 809. The van der Waals surface area contributed by atoms with Crippen molar-refractivity contribution in [1.82, 2.24) is 4.57 Å². The summed E-state index contributed by atoms with van der Waals surface area (Å²) in [6, 6.07) is 15.7. The Morgan fingerprint density at radius 1 is 1.05 bits per heavy atom. The predicted molar refractivity (Wildman–Crippen MR) is 94.0 cm³/mol. The third kappa shape index (κ3) is 2.05. The Morgan fingerprint density at radius 3 is 2.55 bits per heavy atom. The molecular formula is C20H24N2. The molecule has 0 saturated heterocycles. The van der Waals surface area contributed by atoms with Gasteiger partial charge in [0.25, 0.3) is 0 Å². The lowest BCUT2D eigenvalue weighted by Crippen LogP contribution is -2.18. The molecule has 0 spiro atoms. The molecule has 1 aliphatic rings. The van der Waals surface area contributed by atoms with Crippen molar-refractivity contribution in [1.29, 1.82) is 0 Å². The van der Waals surface area contributed by atoms with E-state index in [0.29, 0.717) is 5.92 Å². The van der Waals surface area contributed by atoms with Gasteiger partial charge in [0.15, 0.2) is 0 Å². The molecule has 114 valence electrons. The fraction of sp³-hybridized carbons (Fsp3) is 0.400. The van der Waals surface area contributed by atoms with Gasteiger partial charge in [-0.15, -0.1) is 0 Å². The number of aromatic nitrogens is 1. The highest BCUT2D eigenvalue weighted by molar-refractivity contribution is 6.08. The Labute approximate surface area is 131 Å². The molecule has 1 fully saturated rings. The van der Waals surface area contributed by atoms with Crippen molar-refractivity contribution in [3.05, 3.63) is 48.0 Å². The lowest BCUT2D eigenvalue weighted by atomic mass is 9.91. The van der Waals surface area contributed by atoms with Crippen LogP contribution in [0.1, 0.15) is 44.2 Å². The van der Waals surface area contributed by atoms with Gasteiger partial charge in [-0.1, -0.05) is 37.1 Å². The van der Waals surface area contributed by atoms with Crippen LogP contribution in [0.2, 0.25) is 0 Å². The summed E-state index contributed by atoms with van der Waals surface area (Å²) in [6.45, 7) is 3.21. The van der Waals surface area contributed by atoms with Gasteiger partial charge < -0.3 is 10.3 Å². The molecule has 0 radical (unpaired) electrons. The van der Waals surface area contributed by atoms with Crippen LogP contribution in [0, 0.1) is 5.92 Å². The second-order valence-corrected chi connectivity index (χ2v) is 6.61.